The second-order valence-electron chi connectivity index (χ2n) is 4.50. The van der Waals surface area contributed by atoms with Gasteiger partial charge >= 0.3 is 0 Å². The highest BCUT2D eigenvalue weighted by Gasteiger charge is 2.18. The Hall–Kier alpha value is -2.08. The Balaban J connectivity index is 2.03. The molecule has 1 saturated heterocycles. The van der Waals surface area contributed by atoms with Crippen LogP contribution in [0.3, 0.4) is 0 Å². The molecule has 100 valence electrons. The molecule has 0 spiro atoms. The summed E-state index contributed by atoms with van der Waals surface area (Å²) >= 11 is 0. The summed E-state index contributed by atoms with van der Waals surface area (Å²) in [5.74, 6) is 0.406. The SMILES string of the molecule is O=c1[nH]cnc2cc(O)cc(OC3CCOCC3)c12. The van der Waals surface area contributed by atoms with Crippen LogP contribution in [0.1, 0.15) is 12.8 Å². The Labute approximate surface area is 109 Å². The van der Waals surface area contributed by atoms with Crippen LogP contribution in [0.4, 0.5) is 0 Å². The van der Waals surface area contributed by atoms with Crippen molar-refractivity contribution in [2.75, 3.05) is 13.2 Å². The highest BCUT2D eigenvalue weighted by atomic mass is 16.5. The fourth-order valence-electron chi connectivity index (χ4n) is 2.22. The van der Waals surface area contributed by atoms with E-state index in [0.717, 1.165) is 12.8 Å². The summed E-state index contributed by atoms with van der Waals surface area (Å²) in [5, 5.41) is 10.0. The number of nitrogens with one attached hydrogen (secondary N) is 1. The highest BCUT2D eigenvalue weighted by molar-refractivity contribution is 5.85. The van der Waals surface area contributed by atoms with Crippen LogP contribution in [0.2, 0.25) is 0 Å². The molecule has 3 rings (SSSR count). The van der Waals surface area contributed by atoms with Crippen molar-refractivity contribution >= 4 is 10.9 Å². The van der Waals surface area contributed by atoms with Gasteiger partial charge in [0.2, 0.25) is 0 Å². The van der Waals surface area contributed by atoms with E-state index in [1.807, 2.05) is 0 Å². The molecule has 0 aliphatic carbocycles. The maximum atomic E-state index is 11.9. The second-order valence-corrected chi connectivity index (χ2v) is 4.50. The summed E-state index contributed by atoms with van der Waals surface area (Å²) in [7, 11) is 0. The van der Waals surface area contributed by atoms with Gasteiger partial charge in [0.05, 0.1) is 25.1 Å². The number of aromatic nitrogens is 2. The van der Waals surface area contributed by atoms with E-state index < -0.39 is 0 Å². The number of benzene rings is 1. The molecule has 2 heterocycles. The first-order valence-electron chi connectivity index (χ1n) is 6.19. The molecule has 1 fully saturated rings. The van der Waals surface area contributed by atoms with Crippen molar-refractivity contribution < 1.29 is 14.6 Å². The summed E-state index contributed by atoms with van der Waals surface area (Å²) in [4.78, 5) is 18.4. The van der Waals surface area contributed by atoms with Crippen molar-refractivity contribution in [2.24, 2.45) is 0 Å². The molecular formula is C13H14N2O4. The monoisotopic (exact) mass is 262 g/mol. The van der Waals surface area contributed by atoms with Gasteiger partial charge < -0.3 is 19.6 Å². The lowest BCUT2D eigenvalue weighted by molar-refractivity contribution is 0.0261. The Bertz CT molecular complexity index is 647. The van der Waals surface area contributed by atoms with Gasteiger partial charge in [0.25, 0.3) is 5.56 Å². The van der Waals surface area contributed by atoms with Gasteiger partial charge in [-0.3, -0.25) is 4.79 Å². The zero-order chi connectivity index (χ0) is 13.2. The van der Waals surface area contributed by atoms with Crippen molar-refractivity contribution in [1.29, 1.82) is 0 Å². The molecule has 0 unspecified atom stereocenters. The Kier molecular flexibility index (Phi) is 3.08. The number of ether oxygens (including phenoxy) is 2. The fourth-order valence-corrected chi connectivity index (χ4v) is 2.22. The van der Waals surface area contributed by atoms with Crippen LogP contribution in [-0.2, 0) is 4.74 Å². The van der Waals surface area contributed by atoms with Crippen LogP contribution < -0.4 is 10.3 Å². The first-order valence-corrected chi connectivity index (χ1v) is 6.19. The Morgan fingerprint density at radius 1 is 1.37 bits per heavy atom. The molecule has 2 aromatic rings. The number of H-pyrrole nitrogens is 1. The smallest absolute Gasteiger partial charge is 0.262 e. The number of hydrogen-bond donors (Lipinski definition) is 2. The number of fused-ring (bicyclic) bond motifs is 1. The van der Waals surface area contributed by atoms with Crippen LogP contribution in [0, 0.1) is 0 Å². The minimum atomic E-state index is -0.271. The highest BCUT2D eigenvalue weighted by Crippen LogP contribution is 2.29. The van der Waals surface area contributed by atoms with Crippen LogP contribution >= 0.6 is 0 Å². The van der Waals surface area contributed by atoms with Crippen molar-refractivity contribution in [3.63, 3.8) is 0 Å². The summed E-state index contributed by atoms with van der Waals surface area (Å²) in [5.41, 5.74) is 0.151. The van der Waals surface area contributed by atoms with Gasteiger partial charge in [-0.05, 0) is 0 Å². The maximum Gasteiger partial charge on any atom is 0.262 e. The summed E-state index contributed by atoms with van der Waals surface area (Å²) in [6.07, 6.45) is 2.85. The fraction of sp³-hybridized carbons (Fsp3) is 0.385. The van der Waals surface area contributed by atoms with E-state index in [1.165, 1.54) is 18.5 Å². The lowest BCUT2D eigenvalue weighted by Crippen LogP contribution is -2.26. The van der Waals surface area contributed by atoms with E-state index in [1.54, 1.807) is 0 Å². The van der Waals surface area contributed by atoms with Gasteiger partial charge in [-0.25, -0.2) is 4.98 Å². The number of phenolic OH excluding ortho intramolecular Hbond substituents is 1. The average molecular weight is 262 g/mol. The number of aromatic amines is 1. The van der Waals surface area contributed by atoms with Gasteiger partial charge in [-0.2, -0.15) is 0 Å². The van der Waals surface area contributed by atoms with Gasteiger partial charge in [0.15, 0.2) is 0 Å². The lowest BCUT2D eigenvalue weighted by atomic mass is 10.1. The van der Waals surface area contributed by atoms with Crippen molar-refractivity contribution in [2.45, 2.75) is 18.9 Å². The zero-order valence-electron chi connectivity index (χ0n) is 10.3. The minimum absolute atomic E-state index is 0.00152. The van der Waals surface area contributed by atoms with Gasteiger partial charge in [-0.1, -0.05) is 0 Å². The zero-order valence-corrected chi connectivity index (χ0v) is 10.3. The molecule has 0 saturated carbocycles. The summed E-state index contributed by atoms with van der Waals surface area (Å²) in [6.45, 7) is 1.30. The maximum absolute atomic E-state index is 11.9. The largest absolute Gasteiger partial charge is 0.508 e. The van der Waals surface area contributed by atoms with Crippen LogP contribution in [-0.4, -0.2) is 34.4 Å². The van der Waals surface area contributed by atoms with Crippen LogP contribution in [0.5, 0.6) is 11.5 Å². The summed E-state index contributed by atoms with van der Waals surface area (Å²) < 4.78 is 11.1. The van der Waals surface area contributed by atoms with Crippen LogP contribution in [0.15, 0.2) is 23.3 Å². The predicted molar refractivity (Wildman–Crippen MR) is 68.5 cm³/mol. The van der Waals surface area contributed by atoms with Crippen molar-refractivity contribution in [1.82, 2.24) is 9.97 Å². The quantitative estimate of drug-likeness (QED) is 0.849. The standard InChI is InChI=1S/C13H14N2O4/c16-8-5-10-12(13(17)15-7-14-10)11(6-8)19-9-1-3-18-4-2-9/h5-7,9,16H,1-4H2,(H,14,15,17). The second kappa shape index (κ2) is 4.89. The van der Waals surface area contributed by atoms with E-state index in [0.29, 0.717) is 29.9 Å². The van der Waals surface area contributed by atoms with E-state index in [9.17, 15) is 9.90 Å². The molecule has 6 nitrogen and oxygen atoms in total. The Morgan fingerprint density at radius 3 is 2.95 bits per heavy atom. The van der Waals surface area contributed by atoms with E-state index in [4.69, 9.17) is 9.47 Å². The predicted octanol–water partition coefficient (Wildman–Crippen LogP) is 1.19. The molecule has 19 heavy (non-hydrogen) atoms. The number of aromatic hydroxyl groups is 1. The number of nitrogens with zero attached hydrogens (tertiary/aromatic N) is 1. The molecule has 0 bridgehead atoms. The van der Waals surface area contributed by atoms with Crippen LogP contribution in [0.25, 0.3) is 10.9 Å². The third-order valence-electron chi connectivity index (χ3n) is 3.15. The minimum Gasteiger partial charge on any atom is -0.508 e. The molecule has 0 amide bonds. The van der Waals surface area contributed by atoms with E-state index >= 15 is 0 Å². The molecule has 1 aliphatic heterocycles. The molecule has 1 aromatic carbocycles. The van der Waals surface area contributed by atoms with E-state index in [2.05, 4.69) is 9.97 Å². The third-order valence-corrected chi connectivity index (χ3v) is 3.15. The lowest BCUT2D eigenvalue weighted by Gasteiger charge is -2.23. The first-order chi connectivity index (χ1) is 9.24. The molecule has 1 aliphatic rings. The number of phenols is 1. The van der Waals surface area contributed by atoms with Crippen molar-refractivity contribution in [3.05, 3.63) is 28.8 Å². The first kappa shape index (κ1) is 12.0. The molecule has 2 N–H and O–H groups in total. The molecule has 6 heteroatoms. The summed E-state index contributed by atoms with van der Waals surface area (Å²) in [6, 6.07) is 2.90. The number of rotatable bonds is 2. The molecule has 0 atom stereocenters. The topological polar surface area (TPSA) is 84.4 Å². The third kappa shape index (κ3) is 2.39. The van der Waals surface area contributed by atoms with Gasteiger partial charge in [0.1, 0.15) is 23.0 Å². The average Bonchev–Trinajstić information content (AvgIpc) is 2.39. The van der Waals surface area contributed by atoms with Gasteiger partial charge in [-0.15, -0.1) is 0 Å². The van der Waals surface area contributed by atoms with E-state index in [-0.39, 0.29) is 17.4 Å². The Morgan fingerprint density at radius 2 is 2.16 bits per heavy atom. The molecule has 1 aromatic heterocycles. The van der Waals surface area contributed by atoms with Crippen molar-refractivity contribution in [3.8, 4) is 11.5 Å². The van der Waals surface area contributed by atoms with Gasteiger partial charge in [0, 0.05) is 25.0 Å². The molecule has 0 radical (unpaired) electrons. The molecular weight excluding hydrogens is 248 g/mol. The number of hydrogen-bond acceptors (Lipinski definition) is 5. The normalized spacial score (nSPS) is 16.6.